The second-order valence-corrected chi connectivity index (χ2v) is 0.567. The molecule has 0 aliphatic heterocycles. The zero-order valence-corrected chi connectivity index (χ0v) is 2.60. The summed E-state index contributed by atoms with van der Waals surface area (Å²) in [6, 6.07) is 1.50. The molecule has 0 unspecified atom stereocenters. The van der Waals surface area contributed by atoms with Gasteiger partial charge < -0.3 is 5.73 Å². The summed E-state index contributed by atoms with van der Waals surface area (Å²) in [6.07, 6.45) is 0. The summed E-state index contributed by atoms with van der Waals surface area (Å²) in [5, 5.41) is 7.61. The van der Waals surface area contributed by atoms with Gasteiger partial charge in [0.05, 0.1) is 0 Å². The van der Waals surface area contributed by atoms with Gasteiger partial charge in [-0.05, 0) is 6.58 Å². The molecule has 0 rings (SSSR count). The number of rotatable bonds is 0. The maximum Gasteiger partial charge on any atom is 0.117 e. The topological polar surface area (TPSA) is 49.8 Å². The normalized spacial score (nSPS) is 5.40. The molecular weight excluding hydrogens is 64.0 g/mol. The van der Waals surface area contributed by atoms with Crippen LogP contribution in [0.4, 0.5) is 0 Å². The molecule has 1 radical (unpaired) electrons. The highest BCUT2D eigenvalue weighted by molar-refractivity contribution is 5.07. The molecule has 2 N–H and O–H groups in total. The van der Waals surface area contributed by atoms with Crippen molar-refractivity contribution >= 4 is 0 Å². The van der Waals surface area contributed by atoms with Crippen LogP contribution in [0.2, 0.25) is 0 Å². The number of hydrogen-bond donors (Lipinski definition) is 1. The third-order valence-electron chi connectivity index (χ3n) is 0.129. The summed E-state index contributed by atoms with van der Waals surface area (Å²) in [7, 11) is 0. The van der Waals surface area contributed by atoms with Crippen LogP contribution < -0.4 is 5.73 Å². The molecule has 2 nitrogen and oxygen atoms in total. The molecule has 0 aromatic heterocycles. The van der Waals surface area contributed by atoms with Gasteiger partial charge in [-0.15, -0.1) is 0 Å². The molecule has 0 bridgehead atoms. The van der Waals surface area contributed by atoms with Gasteiger partial charge in [-0.1, -0.05) is 0 Å². The lowest BCUT2D eigenvalue weighted by molar-refractivity contribution is 1.40. The third-order valence-corrected chi connectivity index (χ3v) is 0.129. The van der Waals surface area contributed by atoms with Crippen LogP contribution in [0.3, 0.4) is 0 Å². The van der Waals surface area contributed by atoms with Gasteiger partial charge in [0.15, 0.2) is 0 Å². The van der Waals surface area contributed by atoms with E-state index in [2.05, 4.69) is 12.3 Å². The number of nitriles is 1. The molecule has 0 spiro atoms. The molecule has 0 heterocycles. The van der Waals surface area contributed by atoms with Crippen molar-refractivity contribution in [1.82, 2.24) is 0 Å². The molecule has 0 aromatic rings. The lowest BCUT2D eigenvalue weighted by Crippen LogP contribution is -1.87. The number of allylic oxidation sites excluding steroid dienone is 1. The molecular formula is C3H3N2. The summed E-state index contributed by atoms with van der Waals surface area (Å²) >= 11 is 0. The van der Waals surface area contributed by atoms with Crippen LogP contribution in [0.25, 0.3) is 0 Å². The summed E-state index contributed by atoms with van der Waals surface area (Å²) < 4.78 is 0. The average Bonchev–Trinajstić information content (AvgIpc) is 1.38. The van der Waals surface area contributed by atoms with Crippen LogP contribution >= 0.6 is 0 Å². The Kier molecular flexibility index (Phi) is 1.10. The van der Waals surface area contributed by atoms with Gasteiger partial charge in [0.25, 0.3) is 0 Å². The second kappa shape index (κ2) is 1.36. The Bertz CT molecular complexity index is 77.4. The van der Waals surface area contributed by atoms with E-state index in [1.807, 2.05) is 0 Å². The zero-order chi connectivity index (χ0) is 4.28. The number of hydrogen-bond acceptors (Lipinski definition) is 2. The minimum Gasteiger partial charge on any atom is -0.390 e. The predicted octanol–water partition coefficient (Wildman–Crippen LogP) is -0.214. The fraction of sp³-hybridized carbons (Fsp3) is 0. The lowest BCUT2D eigenvalue weighted by atomic mass is 10.6. The van der Waals surface area contributed by atoms with Gasteiger partial charge in [0.2, 0.25) is 0 Å². The molecule has 0 saturated heterocycles. The molecule has 0 amide bonds. The molecule has 25 valence electrons. The van der Waals surface area contributed by atoms with E-state index in [1.54, 1.807) is 0 Å². The maximum absolute atomic E-state index is 7.61. The van der Waals surface area contributed by atoms with Crippen molar-refractivity contribution in [2.24, 2.45) is 5.73 Å². The molecule has 0 aliphatic rings. The SMILES string of the molecule is [CH]=C(N)C#N. The van der Waals surface area contributed by atoms with Crippen molar-refractivity contribution in [2.45, 2.75) is 0 Å². The van der Waals surface area contributed by atoms with Gasteiger partial charge in [-0.3, -0.25) is 0 Å². The molecule has 0 aromatic carbocycles. The number of nitrogens with two attached hydrogens (primary N) is 1. The minimum atomic E-state index is -0.190. The van der Waals surface area contributed by atoms with E-state index in [0.29, 0.717) is 0 Å². The van der Waals surface area contributed by atoms with E-state index in [-0.39, 0.29) is 5.70 Å². The summed E-state index contributed by atoms with van der Waals surface area (Å²) in [6.45, 7) is 4.62. The van der Waals surface area contributed by atoms with Crippen LogP contribution in [0.1, 0.15) is 0 Å². The van der Waals surface area contributed by atoms with E-state index >= 15 is 0 Å². The van der Waals surface area contributed by atoms with Gasteiger partial charge in [-0.25, -0.2) is 0 Å². The first kappa shape index (κ1) is 4.03. The smallest absolute Gasteiger partial charge is 0.117 e. The standard InChI is InChI=1S/C3H3N2/c1-3(5)2-4/h1H,5H2. The molecule has 5 heavy (non-hydrogen) atoms. The Morgan fingerprint density at radius 3 is 2.20 bits per heavy atom. The highest BCUT2D eigenvalue weighted by Gasteiger charge is 1.65. The summed E-state index contributed by atoms with van der Waals surface area (Å²) in [4.78, 5) is 0. The van der Waals surface area contributed by atoms with Gasteiger partial charge in [-0.2, -0.15) is 5.26 Å². The van der Waals surface area contributed by atoms with Crippen molar-refractivity contribution in [3.63, 3.8) is 0 Å². The first-order chi connectivity index (χ1) is 2.27. The van der Waals surface area contributed by atoms with Crippen molar-refractivity contribution in [2.75, 3.05) is 0 Å². The fourth-order valence-electron chi connectivity index (χ4n) is 0. The Morgan fingerprint density at radius 1 is 2.00 bits per heavy atom. The second-order valence-electron chi connectivity index (χ2n) is 0.567. The van der Waals surface area contributed by atoms with Crippen LogP contribution in [0.5, 0.6) is 0 Å². The minimum absolute atomic E-state index is 0.190. The summed E-state index contributed by atoms with van der Waals surface area (Å²) in [5.41, 5.74) is 4.44. The third kappa shape index (κ3) is 3.03. The van der Waals surface area contributed by atoms with Crippen LogP contribution in [0, 0.1) is 17.9 Å². The van der Waals surface area contributed by atoms with E-state index in [0.717, 1.165) is 0 Å². The molecule has 0 fully saturated rings. The molecule has 0 saturated carbocycles. The van der Waals surface area contributed by atoms with Gasteiger partial charge in [0.1, 0.15) is 11.8 Å². The first-order valence-electron chi connectivity index (χ1n) is 1.05. The van der Waals surface area contributed by atoms with E-state index in [4.69, 9.17) is 5.26 Å². The van der Waals surface area contributed by atoms with E-state index < -0.39 is 0 Å². The van der Waals surface area contributed by atoms with Crippen molar-refractivity contribution in [3.05, 3.63) is 12.3 Å². The molecule has 0 aliphatic carbocycles. The maximum atomic E-state index is 7.61. The van der Waals surface area contributed by atoms with Crippen LogP contribution in [-0.2, 0) is 0 Å². The monoisotopic (exact) mass is 67.0 g/mol. The van der Waals surface area contributed by atoms with Crippen molar-refractivity contribution < 1.29 is 0 Å². The van der Waals surface area contributed by atoms with Crippen LogP contribution in [0.15, 0.2) is 5.70 Å². The van der Waals surface area contributed by atoms with Crippen molar-refractivity contribution in [1.29, 1.82) is 5.26 Å². The Balaban J connectivity index is 3.35. The predicted molar refractivity (Wildman–Crippen MR) is 17.6 cm³/mol. The number of nitrogens with zero attached hydrogens (tertiary/aromatic N) is 1. The zero-order valence-electron chi connectivity index (χ0n) is 2.60. The molecule has 0 atom stereocenters. The first-order valence-corrected chi connectivity index (χ1v) is 1.05. The Labute approximate surface area is 30.5 Å². The quantitative estimate of drug-likeness (QED) is 0.398. The lowest BCUT2D eigenvalue weighted by Gasteiger charge is -1.65. The summed E-state index contributed by atoms with van der Waals surface area (Å²) in [5.74, 6) is 0. The van der Waals surface area contributed by atoms with Crippen molar-refractivity contribution in [3.8, 4) is 6.07 Å². The highest BCUT2D eigenvalue weighted by Crippen LogP contribution is 1.59. The average molecular weight is 67.1 g/mol. The van der Waals surface area contributed by atoms with Crippen LogP contribution in [-0.4, -0.2) is 0 Å². The highest BCUT2D eigenvalue weighted by atomic mass is 14.6. The van der Waals surface area contributed by atoms with Gasteiger partial charge >= 0.3 is 0 Å². The fourth-order valence-corrected chi connectivity index (χ4v) is 0. The Morgan fingerprint density at radius 2 is 2.20 bits per heavy atom. The largest absolute Gasteiger partial charge is 0.390 e. The Hall–Kier alpha value is -0.970. The van der Waals surface area contributed by atoms with Gasteiger partial charge in [0, 0.05) is 0 Å². The van der Waals surface area contributed by atoms with E-state index in [1.165, 1.54) is 6.07 Å². The van der Waals surface area contributed by atoms with E-state index in [9.17, 15) is 0 Å². The molecule has 2 heteroatoms.